The Kier molecular flexibility index (Phi) is 6.52. The minimum Gasteiger partial charge on any atom is -0.347 e. The topological polar surface area (TPSA) is 97.1 Å². The summed E-state index contributed by atoms with van der Waals surface area (Å²) in [6.45, 7) is 7.80. The van der Waals surface area contributed by atoms with Crippen molar-refractivity contribution in [1.29, 1.82) is 0 Å². The highest BCUT2D eigenvalue weighted by Gasteiger charge is 2.21. The lowest BCUT2D eigenvalue weighted by Crippen LogP contribution is -2.33. The summed E-state index contributed by atoms with van der Waals surface area (Å²) in [4.78, 5) is 28.1. The van der Waals surface area contributed by atoms with Gasteiger partial charge in [-0.05, 0) is 30.7 Å². The van der Waals surface area contributed by atoms with Crippen LogP contribution in [0.4, 0.5) is 5.69 Å². The number of rotatable bonds is 6. The van der Waals surface area contributed by atoms with Crippen LogP contribution in [0.3, 0.4) is 0 Å². The Balaban J connectivity index is 1.75. The summed E-state index contributed by atoms with van der Waals surface area (Å²) in [5.41, 5.74) is 1.50. The van der Waals surface area contributed by atoms with Crippen LogP contribution in [0.2, 0.25) is 0 Å². The molecule has 0 saturated heterocycles. The van der Waals surface area contributed by atoms with E-state index in [1.54, 1.807) is 6.07 Å². The zero-order valence-corrected chi connectivity index (χ0v) is 16.9. The van der Waals surface area contributed by atoms with Crippen molar-refractivity contribution in [3.8, 4) is 0 Å². The predicted octanol–water partition coefficient (Wildman–Crippen LogP) is 3.13. The van der Waals surface area contributed by atoms with E-state index < -0.39 is 0 Å². The van der Waals surface area contributed by atoms with Gasteiger partial charge < -0.3 is 15.2 Å². The standard InChI is InChI=1S/C18H23BrN4O3/c1-11-9-12(5-6-13(11)19)21-15(25)10-20-14(24)7-8-16-22-17(23-26-16)18(2,3)4/h5-6,9H,7-8,10H2,1-4H3,(H,20,24)(H,21,25). The van der Waals surface area contributed by atoms with E-state index in [1.165, 1.54) is 0 Å². The largest absolute Gasteiger partial charge is 0.347 e. The van der Waals surface area contributed by atoms with Crippen LogP contribution in [0.5, 0.6) is 0 Å². The second kappa shape index (κ2) is 8.44. The van der Waals surface area contributed by atoms with Gasteiger partial charge >= 0.3 is 0 Å². The molecular formula is C18H23BrN4O3. The number of aryl methyl sites for hydroxylation is 2. The number of amides is 2. The maximum Gasteiger partial charge on any atom is 0.243 e. The summed E-state index contributed by atoms with van der Waals surface area (Å²) in [6, 6.07) is 5.51. The first-order chi connectivity index (χ1) is 12.1. The summed E-state index contributed by atoms with van der Waals surface area (Å²) in [5.74, 6) is 0.493. The fourth-order valence-corrected chi connectivity index (χ4v) is 2.32. The van der Waals surface area contributed by atoms with Crippen molar-refractivity contribution >= 4 is 33.4 Å². The normalized spacial score (nSPS) is 11.3. The van der Waals surface area contributed by atoms with Crippen LogP contribution in [0.25, 0.3) is 0 Å². The van der Waals surface area contributed by atoms with Gasteiger partial charge in [0.25, 0.3) is 0 Å². The highest BCUT2D eigenvalue weighted by molar-refractivity contribution is 9.10. The Morgan fingerprint density at radius 2 is 1.96 bits per heavy atom. The number of benzene rings is 1. The number of carbonyl (C=O) groups excluding carboxylic acids is 2. The lowest BCUT2D eigenvalue weighted by Gasteiger charge is -2.10. The number of halogens is 1. The summed E-state index contributed by atoms with van der Waals surface area (Å²) < 4.78 is 6.11. The van der Waals surface area contributed by atoms with Crippen molar-refractivity contribution in [3.05, 3.63) is 40.0 Å². The second-order valence-corrected chi connectivity index (χ2v) is 7.90. The van der Waals surface area contributed by atoms with Crippen LogP contribution >= 0.6 is 15.9 Å². The van der Waals surface area contributed by atoms with E-state index in [4.69, 9.17) is 4.52 Å². The molecule has 2 rings (SSSR count). The lowest BCUT2D eigenvalue weighted by molar-refractivity contribution is -0.124. The van der Waals surface area contributed by atoms with Gasteiger partial charge in [0.15, 0.2) is 5.82 Å². The molecule has 0 aliphatic rings. The van der Waals surface area contributed by atoms with Gasteiger partial charge in [-0.15, -0.1) is 0 Å². The summed E-state index contributed by atoms with van der Waals surface area (Å²) in [6.07, 6.45) is 0.513. The van der Waals surface area contributed by atoms with E-state index in [2.05, 4.69) is 36.7 Å². The highest BCUT2D eigenvalue weighted by Crippen LogP contribution is 2.20. The van der Waals surface area contributed by atoms with Crippen molar-refractivity contribution in [3.63, 3.8) is 0 Å². The van der Waals surface area contributed by atoms with Crippen molar-refractivity contribution in [2.45, 2.75) is 46.0 Å². The van der Waals surface area contributed by atoms with Crippen LogP contribution in [0.1, 0.15) is 44.5 Å². The first-order valence-electron chi connectivity index (χ1n) is 8.31. The number of carbonyl (C=O) groups is 2. The number of hydrogen-bond donors (Lipinski definition) is 2. The molecule has 1 heterocycles. The van der Waals surface area contributed by atoms with E-state index >= 15 is 0 Å². The van der Waals surface area contributed by atoms with Gasteiger partial charge in [-0.1, -0.05) is 41.9 Å². The average Bonchev–Trinajstić information content (AvgIpc) is 3.04. The third kappa shape index (κ3) is 5.94. The SMILES string of the molecule is Cc1cc(NC(=O)CNC(=O)CCc2nc(C(C)(C)C)no2)ccc1Br. The van der Waals surface area contributed by atoms with Crippen LogP contribution in [-0.4, -0.2) is 28.5 Å². The molecule has 1 aromatic carbocycles. The monoisotopic (exact) mass is 422 g/mol. The molecule has 0 radical (unpaired) electrons. The summed E-state index contributed by atoms with van der Waals surface area (Å²) in [5, 5.41) is 9.24. The van der Waals surface area contributed by atoms with E-state index in [0.717, 1.165) is 10.0 Å². The van der Waals surface area contributed by atoms with Crippen LogP contribution in [-0.2, 0) is 21.4 Å². The minimum absolute atomic E-state index is 0.0922. The molecule has 1 aromatic heterocycles. The minimum atomic E-state index is -0.284. The molecule has 0 fully saturated rings. The Labute approximate surface area is 161 Å². The molecule has 2 amide bonds. The maximum atomic E-state index is 11.9. The van der Waals surface area contributed by atoms with Gasteiger partial charge in [-0.3, -0.25) is 9.59 Å². The van der Waals surface area contributed by atoms with E-state index in [0.29, 0.717) is 23.8 Å². The third-order valence-electron chi connectivity index (χ3n) is 3.59. The van der Waals surface area contributed by atoms with E-state index in [9.17, 15) is 9.59 Å². The molecule has 0 spiro atoms. The molecule has 0 bridgehead atoms. The zero-order valence-electron chi connectivity index (χ0n) is 15.4. The predicted molar refractivity (Wildman–Crippen MR) is 102 cm³/mol. The van der Waals surface area contributed by atoms with E-state index in [-0.39, 0.29) is 30.2 Å². The lowest BCUT2D eigenvalue weighted by atomic mass is 9.96. The number of aromatic nitrogens is 2. The Morgan fingerprint density at radius 1 is 1.23 bits per heavy atom. The number of nitrogens with zero attached hydrogens (tertiary/aromatic N) is 2. The van der Waals surface area contributed by atoms with E-state index in [1.807, 2.05) is 39.8 Å². The molecule has 0 aliphatic heterocycles. The van der Waals surface area contributed by atoms with Crippen molar-refractivity contribution < 1.29 is 14.1 Å². The molecule has 0 saturated carbocycles. The number of hydrogen-bond acceptors (Lipinski definition) is 5. The van der Waals surface area contributed by atoms with Crippen LogP contribution < -0.4 is 10.6 Å². The van der Waals surface area contributed by atoms with Gasteiger partial charge in [-0.25, -0.2) is 0 Å². The first-order valence-corrected chi connectivity index (χ1v) is 9.10. The Bertz CT molecular complexity index is 796. The van der Waals surface area contributed by atoms with Gasteiger partial charge in [-0.2, -0.15) is 4.98 Å². The Hall–Kier alpha value is -2.22. The molecule has 140 valence electrons. The molecule has 2 N–H and O–H groups in total. The highest BCUT2D eigenvalue weighted by atomic mass is 79.9. The molecular weight excluding hydrogens is 400 g/mol. The second-order valence-electron chi connectivity index (χ2n) is 7.05. The summed E-state index contributed by atoms with van der Waals surface area (Å²) in [7, 11) is 0. The first kappa shape index (κ1) is 20.1. The van der Waals surface area contributed by atoms with Crippen LogP contribution in [0, 0.1) is 6.92 Å². The fourth-order valence-electron chi connectivity index (χ4n) is 2.08. The zero-order chi connectivity index (χ0) is 19.3. The van der Waals surface area contributed by atoms with Gasteiger partial charge in [0.05, 0.1) is 6.54 Å². The smallest absolute Gasteiger partial charge is 0.243 e. The number of anilines is 1. The molecule has 26 heavy (non-hydrogen) atoms. The Morgan fingerprint density at radius 3 is 2.58 bits per heavy atom. The molecule has 7 nitrogen and oxygen atoms in total. The number of nitrogens with one attached hydrogen (secondary N) is 2. The molecule has 0 atom stereocenters. The molecule has 0 aliphatic carbocycles. The van der Waals surface area contributed by atoms with Crippen molar-refractivity contribution in [2.24, 2.45) is 0 Å². The quantitative estimate of drug-likeness (QED) is 0.744. The molecule has 8 heteroatoms. The van der Waals surface area contributed by atoms with Gasteiger partial charge in [0.1, 0.15) is 0 Å². The van der Waals surface area contributed by atoms with Gasteiger partial charge in [0.2, 0.25) is 17.7 Å². The maximum absolute atomic E-state index is 11.9. The summed E-state index contributed by atoms with van der Waals surface area (Å²) >= 11 is 3.41. The van der Waals surface area contributed by atoms with Crippen LogP contribution in [0.15, 0.2) is 27.2 Å². The average molecular weight is 423 g/mol. The molecule has 0 unspecified atom stereocenters. The van der Waals surface area contributed by atoms with Crippen molar-refractivity contribution in [1.82, 2.24) is 15.5 Å². The van der Waals surface area contributed by atoms with Gasteiger partial charge in [0, 0.05) is 28.4 Å². The fraction of sp³-hybridized carbons (Fsp3) is 0.444. The molecule has 2 aromatic rings. The van der Waals surface area contributed by atoms with Crippen molar-refractivity contribution in [2.75, 3.05) is 11.9 Å². The third-order valence-corrected chi connectivity index (χ3v) is 4.48.